The van der Waals surface area contributed by atoms with Crippen LogP contribution in [0.1, 0.15) is 57.9 Å². The van der Waals surface area contributed by atoms with Crippen molar-refractivity contribution in [3.05, 3.63) is 34.9 Å². The number of rotatable bonds is 10. The molecule has 1 atom stereocenters. The number of nitrogens with one attached hydrogen (secondary N) is 1. The fourth-order valence-corrected chi connectivity index (χ4v) is 5.30. The van der Waals surface area contributed by atoms with Gasteiger partial charge in [0.2, 0.25) is 15.9 Å². The Morgan fingerprint density at radius 3 is 2.43 bits per heavy atom. The van der Waals surface area contributed by atoms with Crippen LogP contribution >= 0.6 is 11.6 Å². The van der Waals surface area contributed by atoms with E-state index >= 15 is 0 Å². The normalized spacial score (nSPS) is 17.4. The third-order valence-corrected chi connectivity index (χ3v) is 7.69. The minimum atomic E-state index is -3.38. The second-order valence-electron chi connectivity index (χ2n) is 7.72. The maximum atomic E-state index is 12.7. The molecule has 1 heterocycles. The Balaban J connectivity index is 1.80. The molecule has 1 aliphatic rings. The summed E-state index contributed by atoms with van der Waals surface area (Å²) in [7, 11) is -3.38. The number of carbonyl (C=O) groups is 1. The number of benzene rings is 1. The largest absolute Gasteiger partial charge is 0.356 e. The van der Waals surface area contributed by atoms with Gasteiger partial charge in [0, 0.05) is 30.6 Å². The lowest BCUT2D eigenvalue weighted by Gasteiger charge is -2.31. The van der Waals surface area contributed by atoms with E-state index in [1.165, 1.54) is 17.1 Å². The van der Waals surface area contributed by atoms with Crippen molar-refractivity contribution in [2.75, 3.05) is 19.6 Å². The molecular formula is C21H33ClN2O3S. The molecule has 0 unspecified atom stereocenters. The molecule has 0 radical (unpaired) electrons. The predicted octanol–water partition coefficient (Wildman–Crippen LogP) is 4.21. The van der Waals surface area contributed by atoms with Gasteiger partial charge in [-0.2, -0.15) is 0 Å². The molecule has 28 heavy (non-hydrogen) atoms. The van der Waals surface area contributed by atoms with Gasteiger partial charge in [-0.25, -0.2) is 12.7 Å². The number of hydrogen-bond acceptors (Lipinski definition) is 3. The summed E-state index contributed by atoms with van der Waals surface area (Å²) in [5.41, 5.74) is 0.724. The molecule has 5 nitrogen and oxygen atoms in total. The van der Waals surface area contributed by atoms with Crippen LogP contribution in [0.2, 0.25) is 5.02 Å². The Hall–Kier alpha value is -1.11. The Morgan fingerprint density at radius 2 is 1.86 bits per heavy atom. The lowest BCUT2D eigenvalue weighted by atomic mass is 9.95. The maximum Gasteiger partial charge on any atom is 0.223 e. The molecule has 1 saturated heterocycles. The second kappa shape index (κ2) is 11.2. The van der Waals surface area contributed by atoms with E-state index in [9.17, 15) is 13.2 Å². The van der Waals surface area contributed by atoms with Gasteiger partial charge in [0.15, 0.2) is 0 Å². The van der Waals surface area contributed by atoms with Gasteiger partial charge in [0.05, 0.1) is 5.75 Å². The summed E-state index contributed by atoms with van der Waals surface area (Å²) in [5.74, 6) is 0.482. The zero-order valence-corrected chi connectivity index (χ0v) is 18.6. The number of amides is 1. The fourth-order valence-electron chi connectivity index (χ4n) is 3.61. The molecule has 0 aromatic heterocycles. The number of halogens is 1. The van der Waals surface area contributed by atoms with Gasteiger partial charge in [-0.1, -0.05) is 56.8 Å². The third-order valence-electron chi connectivity index (χ3n) is 5.59. The Labute approximate surface area is 174 Å². The van der Waals surface area contributed by atoms with E-state index in [4.69, 9.17) is 11.6 Å². The standard InChI is InChI=1S/C21H33ClN2O3S/c1-3-5-6-17(4-2)15-23-21(25)19-11-13-24(14-12-19)28(26,27)16-18-7-9-20(22)10-8-18/h7-10,17,19H,3-6,11-16H2,1-2H3,(H,23,25)/t17-/m1/s1. The van der Waals surface area contributed by atoms with Crippen molar-refractivity contribution in [2.45, 2.75) is 58.1 Å². The molecular weight excluding hydrogens is 396 g/mol. The minimum Gasteiger partial charge on any atom is -0.356 e. The number of piperidine rings is 1. The van der Waals surface area contributed by atoms with E-state index in [-0.39, 0.29) is 17.6 Å². The fraction of sp³-hybridized carbons (Fsp3) is 0.667. The van der Waals surface area contributed by atoms with Gasteiger partial charge in [0.1, 0.15) is 0 Å². The molecule has 2 rings (SSSR count). The molecule has 1 aromatic rings. The predicted molar refractivity (Wildman–Crippen MR) is 115 cm³/mol. The summed E-state index contributed by atoms with van der Waals surface area (Å²) in [5, 5.41) is 3.68. The van der Waals surface area contributed by atoms with E-state index in [2.05, 4.69) is 19.2 Å². The number of nitrogens with zero attached hydrogens (tertiary/aromatic N) is 1. The van der Waals surface area contributed by atoms with Crippen molar-refractivity contribution >= 4 is 27.5 Å². The quantitative estimate of drug-likeness (QED) is 0.606. The Bertz CT molecular complexity index is 714. The summed E-state index contributed by atoms with van der Waals surface area (Å²) in [6.45, 7) is 5.88. The Kier molecular flexibility index (Phi) is 9.25. The first-order valence-corrected chi connectivity index (χ1v) is 12.3. The first kappa shape index (κ1) is 23.2. The highest BCUT2D eigenvalue weighted by Gasteiger charge is 2.31. The zero-order chi connectivity index (χ0) is 20.6. The van der Waals surface area contributed by atoms with Gasteiger partial charge in [-0.3, -0.25) is 4.79 Å². The number of hydrogen-bond donors (Lipinski definition) is 1. The molecule has 1 aliphatic heterocycles. The van der Waals surface area contributed by atoms with Crippen LogP contribution < -0.4 is 5.32 Å². The number of sulfonamides is 1. The summed E-state index contributed by atoms with van der Waals surface area (Å²) in [4.78, 5) is 12.5. The molecule has 0 spiro atoms. The van der Waals surface area contributed by atoms with Crippen molar-refractivity contribution < 1.29 is 13.2 Å². The average Bonchev–Trinajstić information content (AvgIpc) is 2.69. The van der Waals surface area contributed by atoms with E-state index < -0.39 is 10.0 Å². The van der Waals surface area contributed by atoms with Crippen molar-refractivity contribution in [1.82, 2.24) is 9.62 Å². The first-order valence-electron chi connectivity index (χ1n) is 10.4. The van der Waals surface area contributed by atoms with Gasteiger partial charge in [-0.15, -0.1) is 0 Å². The molecule has 7 heteroatoms. The molecule has 1 N–H and O–H groups in total. The molecule has 0 aliphatic carbocycles. The monoisotopic (exact) mass is 428 g/mol. The van der Waals surface area contributed by atoms with Crippen LogP contribution in [-0.2, 0) is 20.6 Å². The van der Waals surface area contributed by atoms with Gasteiger partial charge >= 0.3 is 0 Å². The van der Waals surface area contributed by atoms with Crippen LogP contribution in [0.4, 0.5) is 0 Å². The smallest absolute Gasteiger partial charge is 0.223 e. The SMILES string of the molecule is CCCC[C@@H](CC)CNC(=O)C1CCN(S(=O)(=O)Cc2ccc(Cl)cc2)CC1. The van der Waals surface area contributed by atoms with Crippen LogP contribution in [0.15, 0.2) is 24.3 Å². The lowest BCUT2D eigenvalue weighted by Crippen LogP contribution is -2.44. The van der Waals surface area contributed by atoms with Crippen LogP contribution in [0.3, 0.4) is 0 Å². The van der Waals surface area contributed by atoms with Crippen LogP contribution in [0.5, 0.6) is 0 Å². The van der Waals surface area contributed by atoms with Crippen molar-refractivity contribution in [3.8, 4) is 0 Å². The molecule has 1 aromatic carbocycles. The molecule has 158 valence electrons. The molecule has 0 bridgehead atoms. The summed E-state index contributed by atoms with van der Waals surface area (Å²) in [6, 6.07) is 6.88. The van der Waals surface area contributed by atoms with Crippen molar-refractivity contribution in [3.63, 3.8) is 0 Å². The molecule has 0 saturated carbocycles. The summed E-state index contributed by atoms with van der Waals surface area (Å²) < 4.78 is 26.8. The lowest BCUT2D eigenvalue weighted by molar-refractivity contribution is -0.126. The first-order chi connectivity index (χ1) is 13.4. The molecule has 1 amide bonds. The van der Waals surface area contributed by atoms with Gasteiger partial charge in [0.25, 0.3) is 0 Å². The van der Waals surface area contributed by atoms with Gasteiger partial charge < -0.3 is 5.32 Å². The maximum absolute atomic E-state index is 12.7. The number of carbonyl (C=O) groups excluding carboxylic acids is 1. The second-order valence-corrected chi connectivity index (χ2v) is 10.1. The van der Waals surface area contributed by atoms with Gasteiger partial charge in [-0.05, 0) is 42.9 Å². The molecule has 1 fully saturated rings. The highest BCUT2D eigenvalue weighted by atomic mass is 35.5. The van der Waals surface area contributed by atoms with E-state index in [1.54, 1.807) is 24.3 Å². The number of unbranched alkanes of at least 4 members (excludes halogenated alkanes) is 1. The Morgan fingerprint density at radius 1 is 1.21 bits per heavy atom. The van der Waals surface area contributed by atoms with Crippen molar-refractivity contribution in [2.24, 2.45) is 11.8 Å². The topological polar surface area (TPSA) is 66.5 Å². The van der Waals surface area contributed by atoms with Crippen molar-refractivity contribution in [1.29, 1.82) is 0 Å². The van der Waals surface area contributed by atoms with Crippen LogP contribution in [-0.4, -0.2) is 38.3 Å². The van der Waals surface area contributed by atoms with E-state index in [0.717, 1.165) is 24.9 Å². The highest BCUT2D eigenvalue weighted by Crippen LogP contribution is 2.23. The highest BCUT2D eigenvalue weighted by molar-refractivity contribution is 7.88. The van der Waals surface area contributed by atoms with E-state index in [1.807, 2.05) is 0 Å². The average molecular weight is 429 g/mol. The third kappa shape index (κ3) is 7.05. The summed E-state index contributed by atoms with van der Waals surface area (Å²) >= 11 is 5.86. The van der Waals surface area contributed by atoms with E-state index in [0.29, 0.717) is 36.9 Å². The van der Waals surface area contributed by atoms with Crippen LogP contribution in [0.25, 0.3) is 0 Å². The van der Waals surface area contributed by atoms with Crippen LogP contribution in [0, 0.1) is 11.8 Å². The summed E-state index contributed by atoms with van der Waals surface area (Å²) in [6.07, 6.45) is 5.75. The zero-order valence-electron chi connectivity index (χ0n) is 17.0. The minimum absolute atomic E-state index is 0.0311.